The average Bonchev–Trinajstić information content (AvgIpc) is 3.34. The monoisotopic (exact) mass is 471 g/mol. The van der Waals surface area contributed by atoms with Crippen molar-refractivity contribution in [3.05, 3.63) is 84.0 Å². The van der Waals surface area contributed by atoms with Crippen LogP contribution >= 0.6 is 11.3 Å². The van der Waals surface area contributed by atoms with Gasteiger partial charge in [-0.25, -0.2) is 14.8 Å². The first kappa shape index (κ1) is 22.0. The second kappa shape index (κ2) is 10.4. The minimum Gasteiger partial charge on any atom is -0.354 e. The number of hydrogen-bond acceptors (Lipinski definition) is 7. The molecule has 1 saturated heterocycles. The smallest absolute Gasteiger partial charge is 0.326 e. The number of thiazole rings is 1. The first-order chi connectivity index (χ1) is 16.7. The number of carbonyl (C=O) groups excluding carboxylic acids is 1. The lowest BCUT2D eigenvalue weighted by atomic mass is 10.2. The molecule has 0 radical (unpaired) electrons. The molecular formula is C25H25N7OS. The zero-order valence-electron chi connectivity index (χ0n) is 18.6. The molecule has 1 aromatic carbocycles. The third-order valence-electron chi connectivity index (χ3n) is 5.58. The number of nitrogens with one attached hydrogen (secondary N) is 2. The molecule has 0 aliphatic carbocycles. The summed E-state index contributed by atoms with van der Waals surface area (Å²) >= 11 is 1.45. The first-order valence-electron chi connectivity index (χ1n) is 11.2. The molecular weight excluding hydrogens is 446 g/mol. The van der Waals surface area contributed by atoms with Gasteiger partial charge in [-0.1, -0.05) is 36.4 Å². The van der Waals surface area contributed by atoms with E-state index in [1.165, 1.54) is 16.9 Å². The van der Waals surface area contributed by atoms with Crippen LogP contribution in [0.15, 0.2) is 78.4 Å². The molecule has 3 aromatic heterocycles. The summed E-state index contributed by atoms with van der Waals surface area (Å²) in [5.74, 6) is 1.86. The van der Waals surface area contributed by atoms with Crippen LogP contribution in [0.1, 0.15) is 5.56 Å². The van der Waals surface area contributed by atoms with Gasteiger partial charge in [-0.3, -0.25) is 20.5 Å². The van der Waals surface area contributed by atoms with Gasteiger partial charge in [0.1, 0.15) is 22.5 Å². The van der Waals surface area contributed by atoms with Crippen LogP contribution in [0.25, 0.3) is 10.6 Å². The summed E-state index contributed by atoms with van der Waals surface area (Å²) in [6, 6.07) is 19.6. The van der Waals surface area contributed by atoms with Crippen LogP contribution in [0.4, 0.5) is 22.2 Å². The molecule has 8 nitrogen and oxygen atoms in total. The van der Waals surface area contributed by atoms with Gasteiger partial charge in [0.25, 0.3) is 0 Å². The van der Waals surface area contributed by atoms with Crippen molar-refractivity contribution < 1.29 is 4.79 Å². The number of nitrogens with zero attached hydrogens (tertiary/aromatic N) is 5. The maximum atomic E-state index is 12.5. The zero-order chi connectivity index (χ0) is 23.2. The Morgan fingerprint density at radius 3 is 2.50 bits per heavy atom. The molecule has 2 N–H and O–H groups in total. The number of hydrogen-bond donors (Lipinski definition) is 2. The summed E-state index contributed by atoms with van der Waals surface area (Å²) in [6.07, 6.45) is 3.47. The second-order valence-electron chi connectivity index (χ2n) is 7.99. The molecule has 0 unspecified atom stereocenters. The van der Waals surface area contributed by atoms with Crippen molar-refractivity contribution in [3.63, 3.8) is 0 Å². The summed E-state index contributed by atoms with van der Waals surface area (Å²) in [7, 11) is 0. The number of pyridine rings is 2. The fraction of sp³-hybridized carbons (Fsp3) is 0.200. The van der Waals surface area contributed by atoms with Crippen LogP contribution in [0.3, 0.4) is 0 Å². The molecule has 4 heterocycles. The maximum absolute atomic E-state index is 12.5. The van der Waals surface area contributed by atoms with Gasteiger partial charge in [0.05, 0.1) is 0 Å². The van der Waals surface area contributed by atoms with Gasteiger partial charge in [-0.05, 0) is 29.8 Å². The first-order valence-corrected chi connectivity index (χ1v) is 12.0. The highest BCUT2D eigenvalue weighted by atomic mass is 32.1. The highest BCUT2D eigenvalue weighted by molar-refractivity contribution is 7.13. The van der Waals surface area contributed by atoms with E-state index in [0.717, 1.165) is 49.1 Å². The van der Waals surface area contributed by atoms with Crippen LogP contribution in [0.5, 0.6) is 0 Å². The lowest BCUT2D eigenvalue weighted by Gasteiger charge is -2.35. The molecule has 0 saturated carbocycles. The minimum atomic E-state index is -0.375. The lowest BCUT2D eigenvalue weighted by Crippen LogP contribution is -2.46. The van der Waals surface area contributed by atoms with Gasteiger partial charge in [0.15, 0.2) is 0 Å². The van der Waals surface area contributed by atoms with E-state index >= 15 is 0 Å². The molecule has 1 aliphatic rings. The molecule has 0 bridgehead atoms. The van der Waals surface area contributed by atoms with Crippen molar-refractivity contribution in [1.29, 1.82) is 0 Å². The van der Waals surface area contributed by atoms with Gasteiger partial charge < -0.3 is 4.90 Å². The Morgan fingerprint density at radius 2 is 1.71 bits per heavy atom. The van der Waals surface area contributed by atoms with E-state index in [-0.39, 0.29) is 6.03 Å². The van der Waals surface area contributed by atoms with Crippen molar-refractivity contribution in [2.45, 2.75) is 6.54 Å². The topological polar surface area (TPSA) is 86.3 Å². The Labute approximate surface area is 202 Å². The number of amides is 2. The van der Waals surface area contributed by atoms with Crippen molar-refractivity contribution in [2.75, 3.05) is 41.7 Å². The third-order valence-corrected chi connectivity index (χ3v) is 6.47. The highest BCUT2D eigenvalue weighted by Gasteiger charge is 2.18. The van der Waals surface area contributed by atoms with Crippen LogP contribution < -0.4 is 15.5 Å². The standard InChI is InChI=1S/C25H25N7OS/c33-25(30-22-18-34-24(28-22)20-8-5-11-26-16-20)29-21-9-4-10-23(27-21)32-14-12-31(13-15-32)17-19-6-2-1-3-7-19/h1-11,16,18H,12-15,17H2,(H2,27,29,30,33). The fourth-order valence-corrected chi connectivity index (χ4v) is 4.61. The van der Waals surface area contributed by atoms with Crippen LogP contribution in [0.2, 0.25) is 0 Å². The molecule has 2 amide bonds. The van der Waals surface area contributed by atoms with Crippen molar-refractivity contribution in [1.82, 2.24) is 19.9 Å². The highest BCUT2D eigenvalue weighted by Crippen LogP contribution is 2.25. The zero-order valence-corrected chi connectivity index (χ0v) is 19.4. The van der Waals surface area contributed by atoms with E-state index in [1.54, 1.807) is 23.8 Å². The SMILES string of the molecule is O=C(Nc1cccc(N2CCN(Cc3ccccc3)CC2)n1)Nc1csc(-c2cccnc2)n1. The summed E-state index contributed by atoms with van der Waals surface area (Å²) < 4.78 is 0. The Morgan fingerprint density at radius 1 is 0.882 bits per heavy atom. The third kappa shape index (κ3) is 5.56. The van der Waals surface area contributed by atoms with E-state index in [9.17, 15) is 4.79 Å². The Balaban J connectivity index is 1.15. The van der Waals surface area contributed by atoms with E-state index in [0.29, 0.717) is 11.6 Å². The summed E-state index contributed by atoms with van der Waals surface area (Å²) in [5, 5.41) is 8.20. The van der Waals surface area contributed by atoms with E-state index < -0.39 is 0 Å². The number of piperazine rings is 1. The number of benzene rings is 1. The summed E-state index contributed by atoms with van der Waals surface area (Å²) in [4.78, 5) is 30.4. The van der Waals surface area contributed by atoms with Crippen molar-refractivity contribution >= 4 is 34.8 Å². The normalized spacial score (nSPS) is 14.1. The predicted octanol–water partition coefficient (Wildman–Crippen LogP) is 4.57. The van der Waals surface area contributed by atoms with Crippen molar-refractivity contribution in [2.24, 2.45) is 0 Å². The van der Waals surface area contributed by atoms with Crippen LogP contribution in [0, 0.1) is 0 Å². The molecule has 1 aliphatic heterocycles. The Kier molecular flexibility index (Phi) is 6.73. The van der Waals surface area contributed by atoms with Crippen LogP contribution in [-0.2, 0) is 6.54 Å². The Hall–Kier alpha value is -3.82. The molecule has 34 heavy (non-hydrogen) atoms. The summed E-state index contributed by atoms with van der Waals surface area (Å²) in [6.45, 7) is 4.69. The van der Waals surface area contributed by atoms with Gasteiger partial charge in [-0.2, -0.15) is 0 Å². The fourth-order valence-electron chi connectivity index (χ4n) is 3.86. The molecule has 1 fully saturated rings. The van der Waals surface area contributed by atoms with E-state index in [1.807, 2.05) is 30.3 Å². The second-order valence-corrected chi connectivity index (χ2v) is 8.85. The number of rotatable bonds is 6. The molecule has 9 heteroatoms. The average molecular weight is 472 g/mol. The van der Waals surface area contributed by atoms with Crippen molar-refractivity contribution in [3.8, 4) is 10.6 Å². The van der Waals surface area contributed by atoms with Gasteiger partial charge in [0, 0.05) is 56.1 Å². The van der Waals surface area contributed by atoms with Crippen LogP contribution in [-0.4, -0.2) is 52.1 Å². The molecule has 4 aromatic rings. The molecule has 0 atom stereocenters. The number of carbonyl (C=O) groups is 1. The lowest BCUT2D eigenvalue weighted by molar-refractivity contribution is 0.249. The quantitative estimate of drug-likeness (QED) is 0.429. The molecule has 5 rings (SSSR count). The molecule has 172 valence electrons. The molecule has 0 spiro atoms. The predicted molar refractivity (Wildman–Crippen MR) is 136 cm³/mol. The van der Waals surface area contributed by atoms with Gasteiger partial charge in [-0.15, -0.1) is 11.3 Å². The Bertz CT molecular complexity index is 1220. The largest absolute Gasteiger partial charge is 0.354 e. The summed E-state index contributed by atoms with van der Waals surface area (Å²) in [5.41, 5.74) is 2.25. The number of anilines is 3. The minimum absolute atomic E-state index is 0.375. The van der Waals surface area contributed by atoms with Gasteiger partial charge in [0.2, 0.25) is 0 Å². The van der Waals surface area contributed by atoms with E-state index in [4.69, 9.17) is 0 Å². The number of aromatic nitrogens is 3. The number of urea groups is 1. The van der Waals surface area contributed by atoms with E-state index in [2.05, 4.69) is 59.7 Å². The maximum Gasteiger partial charge on any atom is 0.326 e. The van der Waals surface area contributed by atoms with Gasteiger partial charge >= 0.3 is 6.03 Å².